The van der Waals surface area contributed by atoms with Gasteiger partial charge in [0.2, 0.25) is 0 Å². The molecule has 0 radical (unpaired) electrons. The van der Waals surface area contributed by atoms with Gasteiger partial charge in [0.05, 0.1) is 4.90 Å². The molecule has 0 aromatic heterocycles. The second kappa shape index (κ2) is 6.39. The molecule has 5 heteroatoms. The van der Waals surface area contributed by atoms with Crippen LogP contribution < -0.4 is 10.3 Å². The lowest BCUT2D eigenvalue weighted by atomic mass is 10.1. The van der Waals surface area contributed by atoms with Gasteiger partial charge in [-0.15, -0.1) is 4.83 Å². The number of sulfonamides is 1. The van der Waals surface area contributed by atoms with Gasteiger partial charge in [0, 0.05) is 6.04 Å². The summed E-state index contributed by atoms with van der Waals surface area (Å²) in [5, 5.41) is 0. The van der Waals surface area contributed by atoms with E-state index in [9.17, 15) is 8.42 Å². The maximum Gasteiger partial charge on any atom is 0.253 e. The third-order valence-corrected chi connectivity index (χ3v) is 4.60. The molecule has 4 nitrogen and oxygen atoms in total. The molecule has 2 aromatic rings. The van der Waals surface area contributed by atoms with Gasteiger partial charge in [-0.25, -0.2) is 13.8 Å². The molecule has 0 saturated carbocycles. The topological polar surface area (TPSA) is 58.2 Å². The lowest BCUT2D eigenvalue weighted by Crippen LogP contribution is -2.38. The largest absolute Gasteiger partial charge is 0.253 e. The summed E-state index contributed by atoms with van der Waals surface area (Å²) in [5.74, 6) is 0. The zero-order valence-corrected chi connectivity index (χ0v) is 13.2. The summed E-state index contributed by atoms with van der Waals surface area (Å²) >= 11 is 0. The molecular formula is C16H20N2O2S. The maximum absolute atomic E-state index is 12.2. The maximum atomic E-state index is 12.2. The summed E-state index contributed by atoms with van der Waals surface area (Å²) in [4.78, 5) is 2.68. The molecule has 1 atom stereocenters. The fourth-order valence-corrected chi connectivity index (χ4v) is 2.82. The van der Waals surface area contributed by atoms with Crippen LogP contribution in [0.3, 0.4) is 0 Å². The number of hydrazine groups is 1. The van der Waals surface area contributed by atoms with Gasteiger partial charge < -0.3 is 0 Å². The van der Waals surface area contributed by atoms with Crippen molar-refractivity contribution in [3.05, 3.63) is 65.2 Å². The third kappa shape index (κ3) is 4.14. The van der Waals surface area contributed by atoms with Crippen molar-refractivity contribution in [1.29, 1.82) is 0 Å². The van der Waals surface area contributed by atoms with Crippen LogP contribution in [0.2, 0.25) is 0 Å². The summed E-state index contributed by atoms with van der Waals surface area (Å²) in [7, 11) is -3.55. The number of aryl methyl sites for hydroxylation is 2. The first kappa shape index (κ1) is 15.7. The Bertz CT molecular complexity index is 692. The van der Waals surface area contributed by atoms with E-state index in [0.29, 0.717) is 0 Å². The fraction of sp³-hybridized carbons (Fsp3) is 0.250. The first-order chi connectivity index (χ1) is 9.88. The second-order valence-corrected chi connectivity index (χ2v) is 6.88. The molecule has 112 valence electrons. The first-order valence-corrected chi connectivity index (χ1v) is 8.27. The van der Waals surface area contributed by atoms with Gasteiger partial charge in [0.25, 0.3) is 10.0 Å². The van der Waals surface area contributed by atoms with E-state index in [1.807, 2.05) is 45.0 Å². The minimum absolute atomic E-state index is 0.120. The Hall–Kier alpha value is -1.69. The predicted octanol–water partition coefficient (Wildman–Crippen LogP) is 2.85. The average molecular weight is 304 g/mol. The van der Waals surface area contributed by atoms with Crippen LogP contribution in [0.15, 0.2) is 53.4 Å². The zero-order valence-electron chi connectivity index (χ0n) is 12.4. The van der Waals surface area contributed by atoms with Crippen LogP contribution in [-0.2, 0) is 10.0 Å². The molecule has 0 heterocycles. The fourth-order valence-electron chi connectivity index (χ4n) is 1.88. The van der Waals surface area contributed by atoms with E-state index < -0.39 is 10.0 Å². The van der Waals surface area contributed by atoms with Crippen molar-refractivity contribution < 1.29 is 8.42 Å². The van der Waals surface area contributed by atoms with E-state index >= 15 is 0 Å². The van der Waals surface area contributed by atoms with Gasteiger partial charge >= 0.3 is 0 Å². The van der Waals surface area contributed by atoms with Crippen molar-refractivity contribution in [2.24, 2.45) is 0 Å². The summed E-state index contributed by atoms with van der Waals surface area (Å²) in [6, 6.07) is 14.6. The number of benzene rings is 2. The van der Waals surface area contributed by atoms with Crippen molar-refractivity contribution in [3.8, 4) is 0 Å². The van der Waals surface area contributed by atoms with Crippen LogP contribution >= 0.6 is 0 Å². The molecule has 0 spiro atoms. The predicted molar refractivity (Wildman–Crippen MR) is 84.2 cm³/mol. The monoisotopic (exact) mass is 304 g/mol. The second-order valence-electron chi connectivity index (χ2n) is 5.20. The van der Waals surface area contributed by atoms with Crippen LogP contribution in [-0.4, -0.2) is 8.42 Å². The number of rotatable bonds is 5. The highest BCUT2D eigenvalue weighted by Gasteiger charge is 2.15. The van der Waals surface area contributed by atoms with Gasteiger partial charge in [-0.3, -0.25) is 0 Å². The number of hydrogen-bond acceptors (Lipinski definition) is 3. The van der Waals surface area contributed by atoms with Crippen molar-refractivity contribution in [1.82, 2.24) is 10.3 Å². The van der Waals surface area contributed by atoms with Crippen LogP contribution in [0.1, 0.15) is 29.7 Å². The molecular weight excluding hydrogens is 284 g/mol. The molecule has 2 N–H and O–H groups in total. The standard InChI is InChI=1S/C16H20N2O2S/c1-12-4-8-15(9-5-12)14(3)17-18-21(19,20)16-10-6-13(2)7-11-16/h4-11,14,17-18H,1-3H3. The highest BCUT2D eigenvalue weighted by molar-refractivity contribution is 7.89. The van der Waals surface area contributed by atoms with E-state index in [-0.39, 0.29) is 10.9 Å². The minimum atomic E-state index is -3.55. The van der Waals surface area contributed by atoms with Gasteiger partial charge in [-0.1, -0.05) is 47.5 Å². The van der Waals surface area contributed by atoms with Crippen molar-refractivity contribution in [2.75, 3.05) is 0 Å². The molecule has 2 aromatic carbocycles. The minimum Gasteiger partial charge on any atom is -0.237 e. The van der Waals surface area contributed by atoms with Crippen LogP contribution in [0.25, 0.3) is 0 Å². The lowest BCUT2D eigenvalue weighted by molar-refractivity contribution is 0.514. The Labute approximate surface area is 126 Å². The van der Waals surface area contributed by atoms with E-state index in [1.54, 1.807) is 24.3 Å². The van der Waals surface area contributed by atoms with Gasteiger partial charge in [0.15, 0.2) is 0 Å². The van der Waals surface area contributed by atoms with E-state index in [2.05, 4.69) is 10.3 Å². The lowest BCUT2D eigenvalue weighted by Gasteiger charge is -2.15. The third-order valence-electron chi connectivity index (χ3n) is 3.32. The Morgan fingerprint density at radius 1 is 0.857 bits per heavy atom. The number of hydrogen-bond donors (Lipinski definition) is 2. The van der Waals surface area contributed by atoms with Crippen molar-refractivity contribution >= 4 is 10.0 Å². The van der Waals surface area contributed by atoms with Gasteiger partial charge in [-0.05, 0) is 38.5 Å². The molecule has 0 aliphatic rings. The van der Waals surface area contributed by atoms with E-state index in [0.717, 1.165) is 11.1 Å². The Morgan fingerprint density at radius 2 is 1.33 bits per heavy atom. The molecule has 21 heavy (non-hydrogen) atoms. The van der Waals surface area contributed by atoms with E-state index in [4.69, 9.17) is 0 Å². The Kier molecular flexibility index (Phi) is 4.77. The molecule has 0 bridgehead atoms. The van der Waals surface area contributed by atoms with Crippen LogP contribution in [0.5, 0.6) is 0 Å². The summed E-state index contributed by atoms with van der Waals surface area (Å²) < 4.78 is 24.3. The van der Waals surface area contributed by atoms with Crippen LogP contribution in [0, 0.1) is 13.8 Å². The normalized spacial score (nSPS) is 13.1. The molecule has 2 rings (SSSR count). The Morgan fingerprint density at radius 3 is 1.86 bits per heavy atom. The van der Waals surface area contributed by atoms with E-state index in [1.165, 1.54) is 5.56 Å². The molecule has 1 unspecified atom stereocenters. The summed E-state index contributed by atoms with van der Waals surface area (Å²) in [5.41, 5.74) is 6.05. The SMILES string of the molecule is Cc1ccc(C(C)NNS(=O)(=O)c2ccc(C)cc2)cc1. The summed E-state index contributed by atoms with van der Waals surface area (Å²) in [6.45, 7) is 5.84. The van der Waals surface area contributed by atoms with Crippen molar-refractivity contribution in [3.63, 3.8) is 0 Å². The van der Waals surface area contributed by atoms with Gasteiger partial charge in [-0.2, -0.15) is 0 Å². The molecule has 0 fully saturated rings. The smallest absolute Gasteiger partial charge is 0.237 e. The zero-order chi connectivity index (χ0) is 15.5. The molecule has 0 saturated heterocycles. The van der Waals surface area contributed by atoms with Crippen LogP contribution in [0.4, 0.5) is 0 Å². The quantitative estimate of drug-likeness (QED) is 0.835. The Balaban J connectivity index is 2.04. The summed E-state index contributed by atoms with van der Waals surface area (Å²) in [6.07, 6.45) is 0. The van der Waals surface area contributed by atoms with Gasteiger partial charge in [0.1, 0.15) is 0 Å². The highest BCUT2D eigenvalue weighted by Crippen LogP contribution is 2.14. The average Bonchev–Trinajstić information content (AvgIpc) is 2.46. The van der Waals surface area contributed by atoms with Crippen molar-refractivity contribution in [2.45, 2.75) is 31.7 Å². The number of nitrogens with one attached hydrogen (secondary N) is 2. The molecule has 0 aliphatic carbocycles. The molecule has 0 amide bonds. The first-order valence-electron chi connectivity index (χ1n) is 6.79. The molecule has 0 aliphatic heterocycles. The highest BCUT2D eigenvalue weighted by atomic mass is 32.2.